The molecule has 15 rings (SSSR count). The number of rotatable bonds is 5. The molecular formula is C74H74BN3O2. The molecule has 0 amide bonds. The third-order valence-electron chi connectivity index (χ3n) is 20.6. The summed E-state index contributed by atoms with van der Waals surface area (Å²) >= 11 is 0. The van der Waals surface area contributed by atoms with Gasteiger partial charge in [-0.05, 0) is 200 Å². The molecular weight excluding hydrogens is 974 g/mol. The summed E-state index contributed by atoms with van der Waals surface area (Å²) in [6.45, 7) is 29.3. The fraction of sp³-hybridized carbons (Fsp3) is 0.324. The number of furan rings is 2. The highest BCUT2D eigenvalue weighted by Crippen LogP contribution is 2.57. The van der Waals surface area contributed by atoms with Crippen LogP contribution in [0.5, 0.6) is 0 Å². The third-order valence-corrected chi connectivity index (χ3v) is 20.6. The van der Waals surface area contributed by atoms with Crippen LogP contribution in [0.25, 0.3) is 32.9 Å². The van der Waals surface area contributed by atoms with Gasteiger partial charge in [-0.1, -0.05) is 156 Å². The maximum absolute atomic E-state index is 7.89. The summed E-state index contributed by atoms with van der Waals surface area (Å²) in [5.74, 6) is 0. The van der Waals surface area contributed by atoms with Crippen LogP contribution in [-0.2, 0) is 32.5 Å². The van der Waals surface area contributed by atoms with Crippen LogP contribution >= 0.6 is 0 Å². The van der Waals surface area contributed by atoms with Gasteiger partial charge in [0.1, 0.15) is 16.7 Å². The van der Waals surface area contributed by atoms with Crippen LogP contribution in [0.15, 0.2) is 167 Å². The van der Waals surface area contributed by atoms with Gasteiger partial charge in [0.25, 0.3) is 6.71 Å². The van der Waals surface area contributed by atoms with Crippen LogP contribution in [0, 0.1) is 0 Å². The Balaban J connectivity index is 1.14. The van der Waals surface area contributed by atoms with E-state index in [4.69, 9.17) is 8.83 Å². The van der Waals surface area contributed by atoms with Gasteiger partial charge in [-0.3, -0.25) is 0 Å². The largest absolute Gasteiger partial charge is 0.468 e. The van der Waals surface area contributed by atoms with Gasteiger partial charge < -0.3 is 23.5 Å². The second-order valence-electron chi connectivity index (χ2n) is 28.5. The maximum atomic E-state index is 7.89. The predicted molar refractivity (Wildman–Crippen MR) is 338 cm³/mol. The fourth-order valence-electron chi connectivity index (χ4n) is 15.5. The Morgan fingerprint density at radius 1 is 0.375 bits per heavy atom. The summed E-state index contributed by atoms with van der Waals surface area (Å²) in [5.41, 5.74) is 25.0. The average molecular weight is 1050 g/mol. The highest BCUT2D eigenvalue weighted by atomic mass is 16.3. The number of fused-ring (bicyclic) bond motifs is 12. The summed E-state index contributed by atoms with van der Waals surface area (Å²) in [6.07, 6.45) is 6.77. The molecule has 0 atom stereocenters. The molecule has 0 saturated carbocycles. The molecule has 8 aromatic carbocycles. The van der Waals surface area contributed by atoms with Crippen molar-refractivity contribution in [3.63, 3.8) is 0 Å². The fourth-order valence-corrected chi connectivity index (χ4v) is 15.5. The van der Waals surface area contributed by atoms with Crippen molar-refractivity contribution < 1.29 is 8.83 Å². The number of benzene rings is 8. The molecule has 80 heavy (non-hydrogen) atoms. The van der Waals surface area contributed by atoms with Gasteiger partial charge >= 0.3 is 0 Å². The van der Waals surface area contributed by atoms with E-state index < -0.39 is 0 Å². The van der Waals surface area contributed by atoms with Crippen LogP contribution < -0.4 is 31.3 Å². The topological polar surface area (TPSA) is 36.0 Å². The van der Waals surface area contributed by atoms with Gasteiger partial charge in [0.15, 0.2) is 0 Å². The van der Waals surface area contributed by atoms with Crippen LogP contribution in [0.1, 0.15) is 155 Å². The molecule has 6 heteroatoms. The van der Waals surface area contributed by atoms with Gasteiger partial charge in [0, 0.05) is 44.9 Å². The standard InChI is InChI=1S/C74H74BN3O2/c1-69(2)32-33-70(3,4)52-38-47(30-31-51(52)69)77-60-39-48(76(45-22-15-13-16-23-45)46-24-17-14-18-25-46)40-61-66(60)75(68-67(77)50-41-53-56(44-64(50)80-68)74(11,12)37-34-71(53,5)6)57-42-54-55(73(9,10)36-35-72(54,7)8)43-59(57)78(61)58-27-21-29-63-65(58)49-26-19-20-28-62(49)79-63/h13-31,38-44H,32-37H2,1-12H3. The molecule has 5 aliphatic rings. The zero-order valence-electron chi connectivity index (χ0n) is 49.0. The summed E-state index contributed by atoms with van der Waals surface area (Å²) in [4.78, 5) is 7.76. The molecule has 2 aromatic heterocycles. The van der Waals surface area contributed by atoms with Crippen molar-refractivity contribution >= 4 is 107 Å². The summed E-state index contributed by atoms with van der Waals surface area (Å²) in [5, 5.41) is 3.40. The first-order chi connectivity index (χ1) is 38.1. The Morgan fingerprint density at radius 3 is 1.51 bits per heavy atom. The molecule has 3 aliphatic carbocycles. The minimum Gasteiger partial charge on any atom is -0.468 e. The van der Waals surface area contributed by atoms with E-state index in [0.29, 0.717) is 0 Å². The van der Waals surface area contributed by atoms with E-state index >= 15 is 0 Å². The van der Waals surface area contributed by atoms with Crippen molar-refractivity contribution in [1.82, 2.24) is 0 Å². The Morgan fingerprint density at radius 2 is 0.887 bits per heavy atom. The lowest BCUT2D eigenvalue weighted by molar-refractivity contribution is 0.332. The van der Waals surface area contributed by atoms with Crippen molar-refractivity contribution in [3.8, 4) is 0 Å². The number of hydrogen-bond donors (Lipinski definition) is 0. The third kappa shape index (κ3) is 7.08. The van der Waals surface area contributed by atoms with E-state index in [1.807, 2.05) is 0 Å². The summed E-state index contributed by atoms with van der Waals surface area (Å²) in [6, 6.07) is 60.0. The van der Waals surface area contributed by atoms with Crippen molar-refractivity contribution in [1.29, 1.82) is 0 Å². The molecule has 5 nitrogen and oxygen atoms in total. The first-order valence-corrected chi connectivity index (χ1v) is 29.7. The molecule has 10 aromatic rings. The smallest absolute Gasteiger partial charge is 0.297 e. The second kappa shape index (κ2) is 16.6. The lowest BCUT2D eigenvalue weighted by atomic mass is 9.35. The quantitative estimate of drug-likeness (QED) is 0.161. The van der Waals surface area contributed by atoms with E-state index in [1.165, 1.54) is 55.4 Å². The van der Waals surface area contributed by atoms with Gasteiger partial charge in [0.05, 0.1) is 28.1 Å². The zero-order chi connectivity index (χ0) is 55.2. The number of nitrogens with zero attached hydrogens (tertiary/aromatic N) is 3. The normalized spacial score (nSPS) is 19.2. The van der Waals surface area contributed by atoms with Crippen LogP contribution in [0.3, 0.4) is 0 Å². The van der Waals surface area contributed by atoms with Crippen molar-refractivity contribution in [2.75, 3.05) is 14.7 Å². The minimum absolute atomic E-state index is 0.0000605. The van der Waals surface area contributed by atoms with Gasteiger partial charge in [0.2, 0.25) is 0 Å². The Bertz CT molecular complexity index is 4190. The van der Waals surface area contributed by atoms with E-state index in [0.717, 1.165) is 117 Å². The van der Waals surface area contributed by atoms with Crippen molar-refractivity contribution in [3.05, 3.63) is 191 Å². The predicted octanol–water partition coefficient (Wildman–Crippen LogP) is 18.9. The molecule has 0 bridgehead atoms. The molecule has 0 fully saturated rings. The first kappa shape index (κ1) is 49.6. The number of anilines is 9. The van der Waals surface area contributed by atoms with E-state index in [9.17, 15) is 0 Å². The number of para-hydroxylation sites is 3. The highest BCUT2D eigenvalue weighted by Gasteiger charge is 2.51. The molecule has 0 radical (unpaired) electrons. The number of hydrogen-bond acceptors (Lipinski definition) is 5. The molecule has 2 aliphatic heterocycles. The Hall–Kier alpha value is -7.44. The summed E-state index contributed by atoms with van der Waals surface area (Å²) in [7, 11) is 0. The van der Waals surface area contributed by atoms with Crippen LogP contribution in [0.2, 0.25) is 0 Å². The molecule has 0 N–H and O–H groups in total. The van der Waals surface area contributed by atoms with E-state index in [2.05, 4.69) is 256 Å². The van der Waals surface area contributed by atoms with E-state index in [-0.39, 0.29) is 39.2 Å². The van der Waals surface area contributed by atoms with Crippen molar-refractivity contribution in [2.24, 2.45) is 0 Å². The summed E-state index contributed by atoms with van der Waals surface area (Å²) < 4.78 is 14.7. The Labute approximate surface area is 473 Å². The maximum Gasteiger partial charge on any atom is 0.297 e. The van der Waals surface area contributed by atoms with Crippen LogP contribution in [0.4, 0.5) is 51.2 Å². The van der Waals surface area contributed by atoms with E-state index in [1.54, 1.807) is 0 Å². The lowest BCUT2D eigenvalue weighted by Crippen LogP contribution is -2.61. The molecule has 0 unspecified atom stereocenters. The van der Waals surface area contributed by atoms with Crippen molar-refractivity contribution in [2.45, 2.75) is 154 Å². The Kier molecular flexibility index (Phi) is 10.3. The average Bonchev–Trinajstić information content (AvgIpc) is 3.82. The lowest BCUT2D eigenvalue weighted by Gasteiger charge is -2.47. The molecule has 0 saturated heterocycles. The second-order valence-corrected chi connectivity index (χ2v) is 28.5. The van der Waals surface area contributed by atoms with Gasteiger partial charge in [-0.25, -0.2) is 0 Å². The monoisotopic (exact) mass is 1050 g/mol. The van der Waals surface area contributed by atoms with Crippen LogP contribution in [-0.4, -0.2) is 6.71 Å². The minimum atomic E-state index is -0.238. The SMILES string of the molecule is CC1(C)CCC(C)(C)c2cc(N3c4cc(N(c5ccccc5)c5ccccc5)cc5c4B(c4cc6c(cc4N5c4cccc5oc7ccccc7c45)C(C)(C)CCC6(C)C)c4oc5cc6c(cc5c43)C(C)(C)CCC6(C)C)ccc21. The molecule has 0 spiro atoms. The van der Waals surface area contributed by atoms with Gasteiger partial charge in [-0.2, -0.15) is 0 Å². The zero-order valence-corrected chi connectivity index (χ0v) is 49.0. The molecule has 400 valence electrons. The highest BCUT2D eigenvalue weighted by molar-refractivity contribution is 7.00. The first-order valence-electron chi connectivity index (χ1n) is 29.7. The molecule has 4 heterocycles. The van der Waals surface area contributed by atoms with Gasteiger partial charge in [-0.15, -0.1) is 0 Å².